The predicted octanol–water partition coefficient (Wildman–Crippen LogP) is 3.53. The van der Waals surface area contributed by atoms with Gasteiger partial charge in [0.1, 0.15) is 5.75 Å². The van der Waals surface area contributed by atoms with Crippen molar-refractivity contribution in [1.29, 1.82) is 0 Å². The molecule has 1 saturated carbocycles. The second kappa shape index (κ2) is 7.38. The molecule has 0 aromatic heterocycles. The van der Waals surface area contributed by atoms with Crippen LogP contribution in [0.15, 0.2) is 48.5 Å². The van der Waals surface area contributed by atoms with Gasteiger partial charge in [0.25, 0.3) is 5.91 Å². The zero-order valence-corrected chi connectivity index (χ0v) is 14.5. The Morgan fingerprint density at radius 3 is 2.44 bits per heavy atom. The summed E-state index contributed by atoms with van der Waals surface area (Å²) in [7, 11) is 0. The molecule has 130 valence electrons. The molecule has 0 unspecified atom stereocenters. The summed E-state index contributed by atoms with van der Waals surface area (Å²) in [4.78, 5) is 26.0. The third-order valence-electron chi connectivity index (χ3n) is 4.08. The van der Waals surface area contributed by atoms with Crippen LogP contribution in [0.25, 0.3) is 0 Å². The van der Waals surface area contributed by atoms with Crippen LogP contribution < -0.4 is 15.0 Å². The number of nitrogens with zero attached hydrogens (tertiary/aromatic N) is 1. The minimum atomic E-state index is -0.257. The van der Waals surface area contributed by atoms with Crippen molar-refractivity contribution in [3.8, 4) is 5.75 Å². The molecule has 0 bridgehead atoms. The first-order valence-corrected chi connectivity index (χ1v) is 8.43. The quantitative estimate of drug-likeness (QED) is 0.876. The average molecular weight is 338 g/mol. The molecule has 1 N–H and O–H groups in total. The number of carbonyl (C=O) groups excluding carboxylic acids is 2. The number of rotatable bonds is 6. The molecule has 0 saturated heterocycles. The molecule has 0 atom stereocenters. The van der Waals surface area contributed by atoms with Crippen LogP contribution in [0.2, 0.25) is 0 Å². The number of anilines is 2. The number of hydrogen-bond donors (Lipinski definition) is 1. The van der Waals surface area contributed by atoms with Gasteiger partial charge in [0.15, 0.2) is 6.61 Å². The number of aryl methyl sites for hydroxylation is 1. The smallest absolute Gasteiger partial charge is 0.262 e. The molecule has 5 nitrogen and oxygen atoms in total. The van der Waals surface area contributed by atoms with Crippen LogP contribution in [0.5, 0.6) is 5.75 Å². The maximum atomic E-state index is 12.2. The highest BCUT2D eigenvalue weighted by Gasteiger charge is 2.33. The Kier molecular flexibility index (Phi) is 5.03. The van der Waals surface area contributed by atoms with E-state index in [4.69, 9.17) is 4.74 Å². The van der Waals surface area contributed by atoms with Gasteiger partial charge in [0.2, 0.25) is 5.91 Å². The molecule has 2 amide bonds. The minimum absolute atomic E-state index is 0.0138. The van der Waals surface area contributed by atoms with E-state index >= 15 is 0 Å². The first-order valence-electron chi connectivity index (χ1n) is 8.43. The lowest BCUT2D eigenvalue weighted by molar-refractivity contribution is -0.118. The van der Waals surface area contributed by atoms with Gasteiger partial charge in [-0.1, -0.05) is 29.8 Å². The van der Waals surface area contributed by atoms with Gasteiger partial charge in [-0.25, -0.2) is 0 Å². The summed E-state index contributed by atoms with van der Waals surface area (Å²) in [6.45, 7) is 3.46. The van der Waals surface area contributed by atoms with Crippen molar-refractivity contribution in [1.82, 2.24) is 0 Å². The molecule has 3 rings (SSSR count). The monoisotopic (exact) mass is 338 g/mol. The standard InChI is InChI=1S/C20H22N2O3/c1-14-7-11-17(12-8-14)25-13-20(24)21-18-5-3-4-6-19(18)22(15(2)23)16-9-10-16/h3-8,11-12,16H,9-10,13H2,1-2H3,(H,21,24). The number of benzene rings is 2. The highest BCUT2D eigenvalue weighted by Crippen LogP contribution is 2.35. The molecule has 25 heavy (non-hydrogen) atoms. The van der Waals surface area contributed by atoms with Crippen molar-refractivity contribution in [3.63, 3.8) is 0 Å². The summed E-state index contributed by atoms with van der Waals surface area (Å²) < 4.78 is 5.51. The Balaban J connectivity index is 1.67. The molecule has 1 aliphatic carbocycles. The average Bonchev–Trinajstić information content (AvgIpc) is 3.41. The summed E-state index contributed by atoms with van der Waals surface area (Å²) in [6.07, 6.45) is 2.00. The summed E-state index contributed by atoms with van der Waals surface area (Å²) in [5, 5.41) is 2.85. The Bertz CT molecular complexity index is 767. The van der Waals surface area contributed by atoms with Gasteiger partial charge in [-0.2, -0.15) is 0 Å². The SMILES string of the molecule is CC(=O)N(c1ccccc1NC(=O)COc1ccc(C)cc1)C1CC1. The molecule has 2 aromatic carbocycles. The molecule has 0 spiro atoms. The summed E-state index contributed by atoms with van der Waals surface area (Å²) in [6, 6.07) is 15.1. The highest BCUT2D eigenvalue weighted by molar-refractivity contribution is 6.01. The van der Waals surface area contributed by atoms with E-state index in [-0.39, 0.29) is 24.5 Å². The first kappa shape index (κ1) is 17.0. The maximum Gasteiger partial charge on any atom is 0.262 e. The lowest BCUT2D eigenvalue weighted by atomic mass is 10.2. The molecule has 0 heterocycles. The zero-order chi connectivity index (χ0) is 17.8. The molecular weight excluding hydrogens is 316 g/mol. The molecule has 0 radical (unpaired) electrons. The van der Waals surface area contributed by atoms with E-state index in [1.54, 1.807) is 17.9 Å². The van der Waals surface area contributed by atoms with E-state index < -0.39 is 0 Å². The van der Waals surface area contributed by atoms with E-state index in [1.165, 1.54) is 0 Å². The lowest BCUT2D eigenvalue weighted by Gasteiger charge is -2.23. The topological polar surface area (TPSA) is 58.6 Å². The van der Waals surface area contributed by atoms with Gasteiger partial charge in [-0.15, -0.1) is 0 Å². The fraction of sp³-hybridized carbons (Fsp3) is 0.300. The third-order valence-corrected chi connectivity index (χ3v) is 4.08. The van der Waals surface area contributed by atoms with Crippen molar-refractivity contribution >= 4 is 23.2 Å². The summed E-state index contributed by atoms with van der Waals surface area (Å²) in [5.74, 6) is 0.379. The van der Waals surface area contributed by atoms with Gasteiger partial charge in [-0.3, -0.25) is 9.59 Å². The van der Waals surface area contributed by atoms with Crippen LogP contribution in [0.4, 0.5) is 11.4 Å². The van der Waals surface area contributed by atoms with Crippen molar-refractivity contribution in [2.24, 2.45) is 0 Å². The van der Waals surface area contributed by atoms with Gasteiger partial charge in [0.05, 0.1) is 11.4 Å². The lowest BCUT2D eigenvalue weighted by Crippen LogP contribution is -2.32. The number of amides is 2. The van der Waals surface area contributed by atoms with E-state index in [9.17, 15) is 9.59 Å². The molecular formula is C20H22N2O3. The first-order chi connectivity index (χ1) is 12.0. The Morgan fingerprint density at radius 2 is 1.80 bits per heavy atom. The Morgan fingerprint density at radius 1 is 1.12 bits per heavy atom. The van der Waals surface area contributed by atoms with Crippen molar-refractivity contribution < 1.29 is 14.3 Å². The second-order valence-corrected chi connectivity index (χ2v) is 6.29. The molecule has 1 aliphatic rings. The van der Waals surface area contributed by atoms with Crippen LogP contribution in [0.3, 0.4) is 0 Å². The largest absolute Gasteiger partial charge is 0.484 e. The molecule has 0 aliphatic heterocycles. The van der Waals surface area contributed by atoms with E-state index in [0.717, 1.165) is 24.1 Å². The fourth-order valence-electron chi connectivity index (χ4n) is 2.72. The van der Waals surface area contributed by atoms with Crippen molar-refractivity contribution in [2.75, 3.05) is 16.8 Å². The van der Waals surface area contributed by atoms with Crippen LogP contribution in [0, 0.1) is 6.92 Å². The number of para-hydroxylation sites is 2. The molecule has 5 heteroatoms. The fourth-order valence-corrected chi connectivity index (χ4v) is 2.72. The van der Waals surface area contributed by atoms with Gasteiger partial charge >= 0.3 is 0 Å². The molecule has 2 aromatic rings. The number of nitrogens with one attached hydrogen (secondary N) is 1. The number of ether oxygens (including phenoxy) is 1. The predicted molar refractivity (Wildman–Crippen MR) is 97.9 cm³/mol. The van der Waals surface area contributed by atoms with E-state index in [1.807, 2.05) is 49.4 Å². The van der Waals surface area contributed by atoms with Crippen LogP contribution in [0.1, 0.15) is 25.3 Å². The zero-order valence-electron chi connectivity index (χ0n) is 14.5. The van der Waals surface area contributed by atoms with Crippen molar-refractivity contribution in [3.05, 3.63) is 54.1 Å². The van der Waals surface area contributed by atoms with Gasteiger partial charge in [-0.05, 0) is 44.0 Å². The van der Waals surface area contributed by atoms with E-state index in [2.05, 4.69) is 5.32 Å². The van der Waals surface area contributed by atoms with Crippen LogP contribution >= 0.6 is 0 Å². The number of carbonyl (C=O) groups is 2. The summed E-state index contributed by atoms with van der Waals surface area (Å²) >= 11 is 0. The normalized spacial score (nSPS) is 13.2. The van der Waals surface area contributed by atoms with Gasteiger partial charge < -0.3 is 15.0 Å². The van der Waals surface area contributed by atoms with Crippen LogP contribution in [-0.4, -0.2) is 24.5 Å². The minimum Gasteiger partial charge on any atom is -0.484 e. The van der Waals surface area contributed by atoms with Gasteiger partial charge in [0, 0.05) is 13.0 Å². The number of hydrogen-bond acceptors (Lipinski definition) is 3. The Labute approximate surface area is 147 Å². The van der Waals surface area contributed by atoms with E-state index in [0.29, 0.717) is 11.4 Å². The second-order valence-electron chi connectivity index (χ2n) is 6.29. The third kappa shape index (κ3) is 4.38. The Hall–Kier alpha value is -2.82. The summed E-state index contributed by atoms with van der Waals surface area (Å²) in [5.41, 5.74) is 2.50. The molecule has 1 fully saturated rings. The van der Waals surface area contributed by atoms with Crippen molar-refractivity contribution in [2.45, 2.75) is 32.7 Å². The maximum absolute atomic E-state index is 12.2. The van der Waals surface area contributed by atoms with Crippen LogP contribution in [-0.2, 0) is 9.59 Å². The highest BCUT2D eigenvalue weighted by atomic mass is 16.5.